The SMILES string of the molecule is N#CNC1=NC(c2cc(F)c(Br)cc2O)c2c(nc(N)c(C#N)c2N)N1. The highest BCUT2D eigenvalue weighted by Gasteiger charge is 2.31. The zero-order valence-corrected chi connectivity index (χ0v) is 14.5. The van der Waals surface area contributed by atoms with Gasteiger partial charge in [-0.05, 0) is 28.1 Å². The van der Waals surface area contributed by atoms with Crippen molar-refractivity contribution in [3.63, 3.8) is 0 Å². The fourth-order valence-corrected chi connectivity index (χ4v) is 2.91. The number of pyridine rings is 1. The molecule has 3 rings (SSSR count). The van der Waals surface area contributed by atoms with Gasteiger partial charge in [0.1, 0.15) is 40.9 Å². The highest BCUT2D eigenvalue weighted by Crippen LogP contribution is 2.43. The largest absolute Gasteiger partial charge is 0.508 e. The number of nitrogen functional groups attached to an aromatic ring is 2. The molecule has 0 saturated heterocycles. The van der Waals surface area contributed by atoms with Crippen molar-refractivity contribution in [1.29, 1.82) is 10.5 Å². The highest BCUT2D eigenvalue weighted by atomic mass is 79.9. The van der Waals surface area contributed by atoms with Crippen molar-refractivity contribution < 1.29 is 9.50 Å². The van der Waals surface area contributed by atoms with Gasteiger partial charge in [-0.1, -0.05) is 0 Å². The van der Waals surface area contributed by atoms with Crippen molar-refractivity contribution >= 4 is 39.2 Å². The first-order valence-corrected chi connectivity index (χ1v) is 7.83. The Balaban J connectivity index is 2.30. The molecule has 1 aliphatic rings. The normalized spacial score (nSPS) is 15.1. The number of nitriles is 2. The van der Waals surface area contributed by atoms with E-state index in [1.807, 2.05) is 6.07 Å². The molecule has 0 amide bonds. The molecule has 0 radical (unpaired) electrons. The van der Waals surface area contributed by atoms with Crippen LogP contribution >= 0.6 is 15.9 Å². The van der Waals surface area contributed by atoms with Gasteiger partial charge in [0, 0.05) is 11.1 Å². The Morgan fingerprint density at radius 1 is 1.35 bits per heavy atom. The van der Waals surface area contributed by atoms with E-state index >= 15 is 0 Å². The summed E-state index contributed by atoms with van der Waals surface area (Å²) in [6.07, 6.45) is 1.70. The molecule has 2 heterocycles. The Bertz CT molecular complexity index is 1040. The number of guanidine groups is 1. The van der Waals surface area contributed by atoms with Crippen LogP contribution in [0, 0.1) is 28.6 Å². The van der Waals surface area contributed by atoms with Crippen molar-refractivity contribution in [2.24, 2.45) is 4.99 Å². The fourth-order valence-electron chi connectivity index (χ4n) is 2.58. The van der Waals surface area contributed by atoms with Gasteiger partial charge in [0.05, 0.1) is 10.2 Å². The summed E-state index contributed by atoms with van der Waals surface area (Å²) in [6.45, 7) is 0. The number of phenols is 1. The number of hydrogen-bond donors (Lipinski definition) is 5. The average molecular weight is 417 g/mol. The average Bonchev–Trinajstić information content (AvgIpc) is 2.58. The van der Waals surface area contributed by atoms with E-state index < -0.39 is 11.9 Å². The van der Waals surface area contributed by atoms with Crippen LogP contribution in [0.1, 0.15) is 22.7 Å². The van der Waals surface area contributed by atoms with Crippen LogP contribution < -0.4 is 22.1 Å². The molecule has 7 N–H and O–H groups in total. The number of halogens is 2. The second-order valence-electron chi connectivity index (χ2n) is 5.23. The third-order valence-electron chi connectivity index (χ3n) is 3.72. The smallest absolute Gasteiger partial charge is 0.211 e. The van der Waals surface area contributed by atoms with Crippen molar-refractivity contribution in [3.8, 4) is 18.0 Å². The molecular formula is C15H10BrFN8O. The number of hydrogen-bond acceptors (Lipinski definition) is 9. The van der Waals surface area contributed by atoms with Gasteiger partial charge in [-0.15, -0.1) is 0 Å². The van der Waals surface area contributed by atoms with Crippen LogP contribution in [0.5, 0.6) is 5.75 Å². The molecule has 1 aromatic carbocycles. The Hall–Kier alpha value is -3.57. The van der Waals surface area contributed by atoms with Crippen LogP contribution in [0.3, 0.4) is 0 Å². The van der Waals surface area contributed by atoms with Gasteiger partial charge in [-0.2, -0.15) is 10.5 Å². The summed E-state index contributed by atoms with van der Waals surface area (Å²) >= 11 is 2.98. The first kappa shape index (κ1) is 17.3. The number of phenolic OH excluding ortho intramolecular Hbond substituents is 1. The summed E-state index contributed by atoms with van der Waals surface area (Å²) in [5.41, 5.74) is 12.0. The number of rotatable bonds is 1. The number of fused-ring (bicyclic) bond motifs is 1. The lowest BCUT2D eigenvalue weighted by Gasteiger charge is -2.26. The molecule has 9 nitrogen and oxygen atoms in total. The van der Waals surface area contributed by atoms with Gasteiger partial charge >= 0.3 is 0 Å². The maximum atomic E-state index is 14.0. The lowest BCUT2D eigenvalue weighted by atomic mass is 9.94. The van der Waals surface area contributed by atoms with Gasteiger partial charge in [0.2, 0.25) is 5.96 Å². The maximum absolute atomic E-state index is 14.0. The van der Waals surface area contributed by atoms with Crippen molar-refractivity contribution in [2.75, 3.05) is 16.8 Å². The lowest BCUT2D eigenvalue weighted by molar-refractivity contribution is 0.461. The fraction of sp³-hybridized carbons (Fsp3) is 0.0667. The van der Waals surface area contributed by atoms with Crippen LogP contribution in [0.25, 0.3) is 0 Å². The van der Waals surface area contributed by atoms with E-state index in [2.05, 4.69) is 36.5 Å². The van der Waals surface area contributed by atoms with E-state index in [9.17, 15) is 14.8 Å². The summed E-state index contributed by atoms with van der Waals surface area (Å²) in [4.78, 5) is 8.31. The first-order chi connectivity index (χ1) is 12.4. The van der Waals surface area contributed by atoms with E-state index in [-0.39, 0.29) is 50.2 Å². The standard InChI is InChI=1S/C15H10BrFN8O/c16-7-2-9(26)5(1-8(7)17)12-10-11(20)6(3-18)13(21)24-14(10)25-15(23-12)22-4-19/h1-2,12,26H,(H6,20,21,22,23,24,25). The minimum atomic E-state index is -1.02. The number of anilines is 3. The molecule has 1 aliphatic heterocycles. The number of nitrogens with zero attached hydrogens (tertiary/aromatic N) is 4. The van der Waals surface area contributed by atoms with Gasteiger partial charge in [-0.3, -0.25) is 5.32 Å². The Labute approximate surface area is 154 Å². The van der Waals surface area contributed by atoms with Crippen molar-refractivity contribution in [2.45, 2.75) is 6.04 Å². The van der Waals surface area contributed by atoms with Crippen LogP contribution in [0.4, 0.5) is 21.7 Å². The van der Waals surface area contributed by atoms with E-state index in [0.717, 1.165) is 6.07 Å². The molecule has 130 valence electrons. The number of aromatic nitrogens is 1. The number of benzene rings is 1. The summed E-state index contributed by atoms with van der Waals surface area (Å²) in [6, 6.07) is 3.08. The minimum Gasteiger partial charge on any atom is -0.508 e. The summed E-state index contributed by atoms with van der Waals surface area (Å²) in [7, 11) is 0. The quantitative estimate of drug-likeness (QED) is 0.345. The molecule has 11 heteroatoms. The summed E-state index contributed by atoms with van der Waals surface area (Å²) in [5.74, 6) is -0.862. The van der Waals surface area contributed by atoms with Crippen LogP contribution in [0.15, 0.2) is 21.6 Å². The highest BCUT2D eigenvalue weighted by molar-refractivity contribution is 9.10. The van der Waals surface area contributed by atoms with Crippen LogP contribution in [-0.4, -0.2) is 16.1 Å². The number of nitrogens with one attached hydrogen (secondary N) is 2. The van der Waals surface area contributed by atoms with E-state index in [0.29, 0.717) is 0 Å². The van der Waals surface area contributed by atoms with Gasteiger partial charge < -0.3 is 21.9 Å². The Kier molecular flexibility index (Phi) is 4.24. The summed E-state index contributed by atoms with van der Waals surface area (Å²) < 4.78 is 14.1. The predicted molar refractivity (Wildman–Crippen MR) is 95.2 cm³/mol. The molecule has 0 spiro atoms. The molecule has 1 unspecified atom stereocenters. The Morgan fingerprint density at radius 3 is 2.73 bits per heavy atom. The molecule has 1 aromatic heterocycles. The number of nitrogens with two attached hydrogens (primary N) is 2. The van der Waals surface area contributed by atoms with Crippen LogP contribution in [0.2, 0.25) is 0 Å². The lowest BCUT2D eigenvalue weighted by Crippen LogP contribution is -2.32. The zero-order chi connectivity index (χ0) is 19.0. The van der Waals surface area contributed by atoms with Crippen molar-refractivity contribution in [3.05, 3.63) is 39.1 Å². The molecule has 0 saturated carbocycles. The second kappa shape index (κ2) is 6.38. The molecule has 26 heavy (non-hydrogen) atoms. The molecular weight excluding hydrogens is 407 g/mol. The van der Waals surface area contributed by atoms with E-state index in [1.165, 1.54) is 6.07 Å². The minimum absolute atomic E-state index is 0.00346. The van der Waals surface area contributed by atoms with Gasteiger partial charge in [0.15, 0.2) is 6.19 Å². The third-order valence-corrected chi connectivity index (χ3v) is 4.33. The summed E-state index contributed by atoms with van der Waals surface area (Å²) in [5, 5.41) is 33.4. The van der Waals surface area contributed by atoms with E-state index in [1.54, 1.807) is 6.19 Å². The zero-order valence-electron chi connectivity index (χ0n) is 12.9. The van der Waals surface area contributed by atoms with Crippen molar-refractivity contribution in [1.82, 2.24) is 10.3 Å². The third kappa shape index (κ3) is 2.70. The van der Waals surface area contributed by atoms with E-state index in [4.69, 9.17) is 16.7 Å². The first-order valence-electron chi connectivity index (χ1n) is 7.04. The molecule has 0 bridgehead atoms. The number of aliphatic imine (C=N–C) groups is 1. The topological polar surface area (TPSA) is 169 Å². The molecule has 0 aliphatic carbocycles. The molecule has 2 aromatic rings. The van der Waals surface area contributed by atoms with Gasteiger partial charge in [-0.25, -0.2) is 14.4 Å². The van der Waals surface area contributed by atoms with Gasteiger partial charge in [0.25, 0.3) is 0 Å². The molecule has 0 fully saturated rings. The maximum Gasteiger partial charge on any atom is 0.211 e. The Morgan fingerprint density at radius 2 is 2.08 bits per heavy atom. The monoisotopic (exact) mass is 416 g/mol. The second-order valence-corrected chi connectivity index (χ2v) is 6.08. The number of aromatic hydroxyl groups is 1. The molecule has 1 atom stereocenters. The predicted octanol–water partition coefficient (Wildman–Crippen LogP) is 1.67. The van der Waals surface area contributed by atoms with Crippen LogP contribution in [-0.2, 0) is 0 Å².